The van der Waals surface area contributed by atoms with E-state index in [0.29, 0.717) is 19.3 Å². The van der Waals surface area contributed by atoms with Crippen LogP contribution in [0.2, 0.25) is 0 Å². The van der Waals surface area contributed by atoms with Crippen molar-refractivity contribution in [2.75, 3.05) is 0 Å². The zero-order valence-corrected chi connectivity index (χ0v) is 26.8. The summed E-state index contributed by atoms with van der Waals surface area (Å²) in [5, 5.41) is 28.4. The summed E-state index contributed by atoms with van der Waals surface area (Å²) in [4.78, 5) is 26.8. The third-order valence-electron chi connectivity index (χ3n) is 8.17. The van der Waals surface area contributed by atoms with Gasteiger partial charge in [0.1, 0.15) is 5.60 Å². The van der Waals surface area contributed by atoms with Crippen LogP contribution in [-0.2, 0) is 34.2 Å². The first-order chi connectivity index (χ1) is 20.7. The Bertz CT molecular complexity index is 1390. The van der Waals surface area contributed by atoms with Gasteiger partial charge in [-0.1, -0.05) is 99.6 Å². The number of aliphatic hydroxyl groups excluding tert-OH is 2. The molecule has 0 heterocycles. The van der Waals surface area contributed by atoms with E-state index in [1.165, 1.54) is 5.56 Å². The highest BCUT2D eigenvalue weighted by molar-refractivity contribution is 5.80. The van der Waals surface area contributed by atoms with Crippen LogP contribution in [0.3, 0.4) is 0 Å². The molecule has 44 heavy (non-hydrogen) atoms. The predicted molar refractivity (Wildman–Crippen MR) is 173 cm³/mol. The predicted octanol–water partition coefficient (Wildman–Crippen LogP) is 5.80. The van der Waals surface area contributed by atoms with Crippen LogP contribution < -0.4 is 10.6 Å². The number of benzene rings is 3. The molecule has 3 aromatic carbocycles. The van der Waals surface area contributed by atoms with Gasteiger partial charge in [-0.05, 0) is 73.3 Å². The first-order valence-corrected chi connectivity index (χ1v) is 15.6. The molecule has 1 aliphatic rings. The lowest BCUT2D eigenvalue weighted by molar-refractivity contribution is -0.127. The van der Waals surface area contributed by atoms with Crippen LogP contribution in [0.1, 0.15) is 81.8 Å². The number of nitrogens with one attached hydrogen (secondary N) is 2. The molecular formula is C37H48N2O5. The van der Waals surface area contributed by atoms with E-state index in [0.717, 1.165) is 22.3 Å². The molecule has 4 rings (SSSR count). The van der Waals surface area contributed by atoms with Gasteiger partial charge in [-0.2, -0.15) is 0 Å². The molecule has 7 nitrogen and oxygen atoms in total. The number of hydrogen-bond acceptors (Lipinski definition) is 5. The highest BCUT2D eigenvalue weighted by Crippen LogP contribution is 2.32. The van der Waals surface area contributed by atoms with Crippen molar-refractivity contribution in [3.05, 3.63) is 107 Å². The van der Waals surface area contributed by atoms with Crippen molar-refractivity contribution in [1.29, 1.82) is 0 Å². The van der Waals surface area contributed by atoms with Gasteiger partial charge in [0.2, 0.25) is 5.91 Å². The zero-order chi connectivity index (χ0) is 32.1. The zero-order valence-electron chi connectivity index (χ0n) is 26.8. The molecule has 7 heteroatoms. The monoisotopic (exact) mass is 600 g/mol. The average molecular weight is 601 g/mol. The normalized spacial score (nSPS) is 18.5. The van der Waals surface area contributed by atoms with Crippen LogP contribution in [0, 0.1) is 5.92 Å². The van der Waals surface area contributed by atoms with Crippen LogP contribution >= 0.6 is 0 Å². The second kappa shape index (κ2) is 14.0. The van der Waals surface area contributed by atoms with E-state index in [2.05, 4.69) is 43.5 Å². The molecule has 0 aromatic heterocycles. The van der Waals surface area contributed by atoms with E-state index in [1.807, 2.05) is 66.7 Å². The summed E-state index contributed by atoms with van der Waals surface area (Å²) >= 11 is 0. The van der Waals surface area contributed by atoms with Crippen molar-refractivity contribution >= 4 is 12.0 Å². The van der Waals surface area contributed by atoms with Gasteiger partial charge in [0, 0.05) is 12.3 Å². The van der Waals surface area contributed by atoms with Crippen molar-refractivity contribution in [1.82, 2.24) is 10.6 Å². The molecule has 0 saturated heterocycles. The van der Waals surface area contributed by atoms with Crippen LogP contribution in [-0.4, -0.2) is 46.1 Å². The van der Waals surface area contributed by atoms with E-state index in [1.54, 1.807) is 20.8 Å². The lowest BCUT2D eigenvalue weighted by Crippen LogP contribution is -2.48. The summed E-state index contributed by atoms with van der Waals surface area (Å²) in [5.41, 5.74) is 4.33. The minimum Gasteiger partial charge on any atom is -0.444 e. The SMILES string of the molecule is CC(C)(C)OC(=O)N[C@@H](Cc1ccccc1)[C@@H](O)C[C@@H](Cc1ccc(C(C)(C)C)cc1)C(=O)N[C@H]1c2ccccc2C[C@H]1O. The summed E-state index contributed by atoms with van der Waals surface area (Å²) in [5.74, 6) is -0.871. The van der Waals surface area contributed by atoms with E-state index >= 15 is 0 Å². The average Bonchev–Trinajstić information content (AvgIpc) is 3.26. The number of rotatable bonds is 10. The lowest BCUT2D eigenvalue weighted by Gasteiger charge is -2.30. The fraction of sp³-hybridized carbons (Fsp3) is 0.459. The fourth-order valence-electron chi connectivity index (χ4n) is 5.79. The molecule has 0 bridgehead atoms. The van der Waals surface area contributed by atoms with Crippen molar-refractivity contribution in [3.63, 3.8) is 0 Å². The summed E-state index contributed by atoms with van der Waals surface area (Å²) < 4.78 is 5.51. The van der Waals surface area contributed by atoms with E-state index in [4.69, 9.17) is 4.74 Å². The number of hydrogen-bond donors (Lipinski definition) is 4. The molecule has 0 unspecified atom stereocenters. The summed E-state index contributed by atoms with van der Waals surface area (Å²) in [7, 11) is 0. The van der Waals surface area contributed by atoms with Crippen molar-refractivity contribution < 1.29 is 24.5 Å². The Hall–Kier alpha value is -3.68. The fourth-order valence-corrected chi connectivity index (χ4v) is 5.79. The molecule has 236 valence electrons. The van der Waals surface area contributed by atoms with Gasteiger partial charge in [-0.3, -0.25) is 4.79 Å². The number of fused-ring (bicyclic) bond motifs is 1. The third kappa shape index (κ3) is 9.16. The van der Waals surface area contributed by atoms with E-state index in [9.17, 15) is 19.8 Å². The quantitative estimate of drug-likeness (QED) is 0.235. The Balaban J connectivity index is 1.58. The molecule has 4 N–H and O–H groups in total. The summed E-state index contributed by atoms with van der Waals surface area (Å²) in [6.45, 7) is 11.8. The first kappa shape index (κ1) is 33.2. The second-order valence-electron chi connectivity index (χ2n) is 14.1. The molecule has 0 fully saturated rings. The maximum atomic E-state index is 14.0. The Morgan fingerprint density at radius 2 is 1.48 bits per heavy atom. The van der Waals surface area contributed by atoms with Gasteiger partial charge in [-0.15, -0.1) is 0 Å². The molecule has 5 atom stereocenters. The Kier molecular flexibility index (Phi) is 10.5. The topological polar surface area (TPSA) is 108 Å². The third-order valence-corrected chi connectivity index (χ3v) is 8.17. The van der Waals surface area contributed by atoms with Crippen molar-refractivity contribution in [2.45, 2.75) is 103 Å². The smallest absolute Gasteiger partial charge is 0.407 e. The molecule has 3 aromatic rings. The van der Waals surface area contributed by atoms with Gasteiger partial charge in [0.05, 0.1) is 24.3 Å². The first-order valence-electron chi connectivity index (χ1n) is 15.6. The highest BCUT2D eigenvalue weighted by Gasteiger charge is 2.35. The highest BCUT2D eigenvalue weighted by atomic mass is 16.6. The van der Waals surface area contributed by atoms with Gasteiger partial charge in [0.15, 0.2) is 0 Å². The maximum Gasteiger partial charge on any atom is 0.407 e. The number of alkyl carbamates (subject to hydrolysis) is 1. The van der Waals surface area contributed by atoms with Gasteiger partial charge < -0.3 is 25.6 Å². The largest absolute Gasteiger partial charge is 0.444 e. The summed E-state index contributed by atoms with van der Waals surface area (Å²) in [6, 6.07) is 24.4. The van der Waals surface area contributed by atoms with Gasteiger partial charge in [0.25, 0.3) is 0 Å². The number of carbonyl (C=O) groups is 2. The van der Waals surface area contributed by atoms with E-state index < -0.39 is 41.9 Å². The standard InChI is InChI=1S/C37H48N2O5/c1-36(2,3)28-18-16-25(17-19-28)20-27(34(42)39-33-29-15-11-10-14-26(29)22-32(33)41)23-31(40)30(21-24-12-8-7-9-13-24)38-35(43)44-37(4,5)6/h7-19,27,30-33,40-41H,20-23H2,1-6H3,(H,38,43)(H,39,42)/t27-,30+,31+,32-,33+/m1/s1. The van der Waals surface area contributed by atoms with E-state index in [-0.39, 0.29) is 17.7 Å². The number of amides is 2. The van der Waals surface area contributed by atoms with Gasteiger partial charge in [-0.25, -0.2) is 4.79 Å². The molecule has 0 spiro atoms. The molecular weight excluding hydrogens is 552 g/mol. The molecule has 1 aliphatic carbocycles. The lowest BCUT2D eigenvalue weighted by atomic mass is 9.85. The molecule has 0 aliphatic heterocycles. The minimum absolute atomic E-state index is 0.00447. The molecule has 0 saturated carbocycles. The second-order valence-corrected chi connectivity index (χ2v) is 14.1. The van der Waals surface area contributed by atoms with Crippen molar-refractivity contribution in [2.24, 2.45) is 5.92 Å². The number of ether oxygens (including phenoxy) is 1. The van der Waals surface area contributed by atoms with Crippen LogP contribution in [0.25, 0.3) is 0 Å². The van der Waals surface area contributed by atoms with Crippen LogP contribution in [0.5, 0.6) is 0 Å². The van der Waals surface area contributed by atoms with Crippen LogP contribution in [0.4, 0.5) is 4.79 Å². The Labute approximate surface area is 262 Å². The molecule has 0 radical (unpaired) electrons. The van der Waals surface area contributed by atoms with Crippen molar-refractivity contribution in [3.8, 4) is 0 Å². The van der Waals surface area contributed by atoms with Gasteiger partial charge >= 0.3 is 6.09 Å². The Morgan fingerprint density at radius 3 is 2.11 bits per heavy atom. The Morgan fingerprint density at radius 1 is 0.864 bits per heavy atom. The number of aliphatic hydroxyl groups is 2. The minimum atomic E-state index is -1.05. The maximum absolute atomic E-state index is 14.0. The van der Waals surface area contributed by atoms with Crippen LogP contribution in [0.15, 0.2) is 78.9 Å². The summed E-state index contributed by atoms with van der Waals surface area (Å²) in [6.07, 6.45) is -1.07. The molecule has 2 amide bonds. The number of carbonyl (C=O) groups excluding carboxylic acids is 2.